The fraction of sp³-hybridized carbons (Fsp3) is 0.630. The van der Waals surface area contributed by atoms with Crippen LogP contribution in [0.3, 0.4) is 0 Å². The van der Waals surface area contributed by atoms with E-state index in [1.165, 1.54) is 11.1 Å². The molecule has 1 aromatic carbocycles. The van der Waals surface area contributed by atoms with E-state index in [4.69, 9.17) is 0 Å². The van der Waals surface area contributed by atoms with Crippen LogP contribution in [0.15, 0.2) is 29.4 Å². The molecule has 3 rings (SSSR count). The van der Waals surface area contributed by atoms with Crippen LogP contribution in [-0.4, -0.2) is 10.2 Å². The first-order chi connectivity index (χ1) is 13.6. The van der Waals surface area contributed by atoms with Crippen LogP contribution in [0, 0.1) is 30.6 Å². The van der Waals surface area contributed by atoms with Crippen molar-refractivity contribution in [3.63, 3.8) is 0 Å². The highest BCUT2D eigenvalue weighted by molar-refractivity contribution is 5.58. The van der Waals surface area contributed by atoms with E-state index < -0.39 is 0 Å². The van der Waals surface area contributed by atoms with Crippen molar-refractivity contribution in [2.24, 2.45) is 23.7 Å². The quantitative estimate of drug-likeness (QED) is 0.514. The van der Waals surface area contributed by atoms with Gasteiger partial charge in [-0.15, -0.1) is 0 Å². The highest BCUT2D eigenvalue weighted by Crippen LogP contribution is 2.52. The third-order valence-electron chi connectivity index (χ3n) is 7.54. The molecule has 1 aromatic rings. The first-order valence-corrected chi connectivity index (χ1v) is 11.5. The lowest BCUT2D eigenvalue weighted by Gasteiger charge is -2.37. The first kappa shape index (κ1) is 22.0. The average molecular weight is 397 g/mol. The van der Waals surface area contributed by atoms with Crippen LogP contribution >= 0.6 is 0 Å². The highest BCUT2D eigenvalue weighted by Gasteiger charge is 2.36. The number of phenolic OH excluding ortho intramolecular Hbond substituents is 2. The van der Waals surface area contributed by atoms with E-state index in [-0.39, 0.29) is 17.6 Å². The second-order valence-corrected chi connectivity index (χ2v) is 10.4. The molecule has 29 heavy (non-hydrogen) atoms. The van der Waals surface area contributed by atoms with Crippen LogP contribution in [0.2, 0.25) is 0 Å². The van der Waals surface area contributed by atoms with Gasteiger partial charge in [-0.25, -0.2) is 0 Å². The summed E-state index contributed by atoms with van der Waals surface area (Å²) in [6.07, 6.45) is 9.20. The number of benzene rings is 1. The van der Waals surface area contributed by atoms with Gasteiger partial charge >= 0.3 is 0 Å². The molecule has 0 fully saturated rings. The molecule has 160 valence electrons. The topological polar surface area (TPSA) is 40.5 Å². The maximum atomic E-state index is 11.6. The third kappa shape index (κ3) is 4.27. The minimum absolute atomic E-state index is 0.0780. The van der Waals surface area contributed by atoms with E-state index in [9.17, 15) is 10.2 Å². The zero-order valence-electron chi connectivity index (χ0n) is 19.4. The summed E-state index contributed by atoms with van der Waals surface area (Å²) < 4.78 is 0. The van der Waals surface area contributed by atoms with Gasteiger partial charge in [0.1, 0.15) is 11.5 Å². The molecule has 2 aliphatic rings. The summed E-state index contributed by atoms with van der Waals surface area (Å²) in [7, 11) is 0. The minimum Gasteiger partial charge on any atom is -0.507 e. The summed E-state index contributed by atoms with van der Waals surface area (Å²) in [4.78, 5) is 0. The van der Waals surface area contributed by atoms with Crippen molar-refractivity contribution in [1.29, 1.82) is 0 Å². The van der Waals surface area contributed by atoms with Gasteiger partial charge in [-0.2, -0.15) is 0 Å². The van der Waals surface area contributed by atoms with E-state index >= 15 is 0 Å². The number of aromatic hydroxyl groups is 2. The second kappa shape index (κ2) is 8.58. The Morgan fingerprint density at radius 3 is 1.66 bits per heavy atom. The molecule has 0 aromatic heterocycles. The van der Waals surface area contributed by atoms with Crippen molar-refractivity contribution in [2.75, 3.05) is 0 Å². The van der Waals surface area contributed by atoms with Crippen LogP contribution in [0.5, 0.6) is 11.5 Å². The minimum atomic E-state index is 0.0780. The summed E-state index contributed by atoms with van der Waals surface area (Å²) in [6, 6.07) is 1.90. The monoisotopic (exact) mass is 396 g/mol. The lowest BCUT2D eigenvalue weighted by molar-refractivity contribution is 0.295. The number of phenols is 2. The maximum absolute atomic E-state index is 11.6. The number of aryl methyl sites for hydroxylation is 1. The molecule has 0 amide bonds. The smallest absolute Gasteiger partial charge is 0.127 e. The summed E-state index contributed by atoms with van der Waals surface area (Å²) in [6.45, 7) is 15.5. The second-order valence-electron chi connectivity index (χ2n) is 10.4. The van der Waals surface area contributed by atoms with Gasteiger partial charge in [0, 0.05) is 23.0 Å². The standard InChI is InChI=1S/C27H40O2/c1-15(2)20-10-8-17(5)12-22(20)25-19(7)14-24(28)26(27(25)29)23-13-18(6)9-11-21(23)16(3)4/h12-16,20-23,28-29H,8-11H2,1-7H3/t20-,21-,22?,23?/m0/s1. The van der Waals surface area contributed by atoms with Gasteiger partial charge in [0.25, 0.3) is 0 Å². The zero-order chi connectivity index (χ0) is 21.5. The fourth-order valence-electron chi connectivity index (χ4n) is 5.83. The molecule has 0 saturated heterocycles. The molecular weight excluding hydrogens is 356 g/mol. The Bertz CT molecular complexity index is 748. The van der Waals surface area contributed by atoms with Gasteiger partial charge in [0.2, 0.25) is 0 Å². The Balaban J connectivity index is 2.19. The van der Waals surface area contributed by atoms with Crippen LogP contribution in [0.1, 0.15) is 95.8 Å². The maximum Gasteiger partial charge on any atom is 0.127 e. The third-order valence-corrected chi connectivity index (χ3v) is 7.54. The van der Waals surface area contributed by atoms with Gasteiger partial charge in [-0.1, -0.05) is 51.0 Å². The summed E-state index contributed by atoms with van der Waals surface area (Å²) >= 11 is 0. The highest BCUT2D eigenvalue weighted by atomic mass is 16.3. The van der Waals surface area contributed by atoms with Crippen molar-refractivity contribution in [2.45, 2.75) is 86.0 Å². The molecule has 2 N–H and O–H groups in total. The summed E-state index contributed by atoms with van der Waals surface area (Å²) in [5.74, 6) is 2.91. The van der Waals surface area contributed by atoms with Crippen molar-refractivity contribution in [1.82, 2.24) is 0 Å². The Morgan fingerprint density at radius 1 is 0.759 bits per heavy atom. The molecule has 0 aliphatic heterocycles. The van der Waals surface area contributed by atoms with Crippen LogP contribution in [0.4, 0.5) is 0 Å². The van der Waals surface area contributed by atoms with Crippen LogP contribution in [-0.2, 0) is 0 Å². The molecule has 0 radical (unpaired) electrons. The van der Waals surface area contributed by atoms with E-state index in [2.05, 4.69) is 53.7 Å². The van der Waals surface area contributed by atoms with E-state index in [0.717, 1.165) is 42.4 Å². The number of rotatable bonds is 4. The molecule has 2 heteroatoms. The zero-order valence-corrected chi connectivity index (χ0v) is 19.4. The van der Waals surface area contributed by atoms with Crippen molar-refractivity contribution in [3.05, 3.63) is 46.1 Å². The molecule has 0 heterocycles. The predicted molar refractivity (Wildman–Crippen MR) is 123 cm³/mol. The van der Waals surface area contributed by atoms with Crippen LogP contribution in [0.25, 0.3) is 0 Å². The largest absolute Gasteiger partial charge is 0.507 e. The van der Waals surface area contributed by atoms with Crippen molar-refractivity contribution in [3.8, 4) is 11.5 Å². The molecule has 2 aliphatic carbocycles. The van der Waals surface area contributed by atoms with E-state index in [0.29, 0.717) is 29.4 Å². The van der Waals surface area contributed by atoms with Gasteiger partial charge in [0.05, 0.1) is 0 Å². The number of hydrogen-bond donors (Lipinski definition) is 2. The Morgan fingerprint density at radius 2 is 1.21 bits per heavy atom. The Hall–Kier alpha value is -1.70. The molecule has 0 saturated carbocycles. The van der Waals surface area contributed by atoms with Gasteiger partial charge in [0.15, 0.2) is 0 Å². The lowest BCUT2D eigenvalue weighted by atomic mass is 9.68. The summed E-state index contributed by atoms with van der Waals surface area (Å²) in [5, 5.41) is 22.6. The van der Waals surface area contributed by atoms with E-state index in [1.807, 2.05) is 13.0 Å². The lowest BCUT2D eigenvalue weighted by Crippen LogP contribution is -2.24. The summed E-state index contributed by atoms with van der Waals surface area (Å²) in [5.41, 5.74) is 5.57. The number of hydrogen-bond acceptors (Lipinski definition) is 2. The number of allylic oxidation sites excluding steroid dienone is 4. The van der Waals surface area contributed by atoms with Crippen molar-refractivity contribution < 1.29 is 10.2 Å². The van der Waals surface area contributed by atoms with Crippen molar-refractivity contribution >= 4 is 0 Å². The van der Waals surface area contributed by atoms with E-state index in [1.54, 1.807) is 0 Å². The predicted octanol–water partition coefficient (Wildman–Crippen LogP) is 7.60. The Kier molecular flexibility index (Phi) is 6.51. The molecule has 0 bridgehead atoms. The normalized spacial score (nSPS) is 27.9. The molecule has 4 atom stereocenters. The Labute approximate surface area is 177 Å². The fourth-order valence-corrected chi connectivity index (χ4v) is 5.83. The SMILES string of the molecule is CC1=CC(c2c(C)cc(O)c(C3C=C(C)CC[C@H]3C(C)C)c2O)[C@H](C(C)C)CC1. The molecule has 2 unspecified atom stereocenters. The molecule has 0 spiro atoms. The van der Waals surface area contributed by atoms with Gasteiger partial charge in [-0.3, -0.25) is 0 Å². The van der Waals surface area contributed by atoms with Gasteiger partial charge in [-0.05, 0) is 81.8 Å². The average Bonchev–Trinajstić information content (AvgIpc) is 2.61. The molecular formula is C27H40O2. The first-order valence-electron chi connectivity index (χ1n) is 11.5. The molecule has 2 nitrogen and oxygen atoms in total. The van der Waals surface area contributed by atoms with Gasteiger partial charge < -0.3 is 10.2 Å². The van der Waals surface area contributed by atoms with Crippen LogP contribution < -0.4 is 0 Å².